The van der Waals surface area contributed by atoms with Crippen molar-refractivity contribution in [2.24, 2.45) is 16.7 Å². The van der Waals surface area contributed by atoms with Crippen molar-refractivity contribution >= 4 is 11.8 Å². The molecular weight excluding hydrogens is 238 g/mol. The highest BCUT2D eigenvalue weighted by Crippen LogP contribution is 2.47. The molecule has 2 heteroatoms. The predicted octanol–water partition coefficient (Wildman–Crippen LogP) is 4.57. The summed E-state index contributed by atoms with van der Waals surface area (Å²) in [4.78, 5) is 0. The Bertz CT molecular complexity index is 214. The maximum Gasteiger partial charge on any atom is 0.000799 e. The third kappa shape index (κ3) is 4.77. The number of hydrogen-bond acceptors (Lipinski definition) is 2. The van der Waals surface area contributed by atoms with Crippen LogP contribution in [0.4, 0.5) is 0 Å². The Morgan fingerprint density at radius 1 is 1.22 bits per heavy atom. The molecule has 0 aromatic carbocycles. The first-order valence-electron chi connectivity index (χ1n) is 7.63. The Balaban J connectivity index is 2.55. The van der Waals surface area contributed by atoms with Gasteiger partial charge in [-0.3, -0.25) is 0 Å². The Hall–Kier alpha value is 0.310. The van der Waals surface area contributed by atoms with Crippen molar-refractivity contribution < 1.29 is 0 Å². The molecule has 18 heavy (non-hydrogen) atoms. The number of rotatable bonds is 6. The Morgan fingerprint density at radius 3 is 2.28 bits per heavy atom. The average Bonchev–Trinajstić information content (AvgIpc) is 2.33. The van der Waals surface area contributed by atoms with Crippen LogP contribution in [-0.2, 0) is 0 Å². The predicted molar refractivity (Wildman–Crippen MR) is 85.4 cm³/mol. The van der Waals surface area contributed by atoms with E-state index >= 15 is 0 Å². The SMILES string of the molecule is CCNCC1(CCSC)CCC(C(C)(C)C)CC1. The first kappa shape index (κ1) is 16.4. The van der Waals surface area contributed by atoms with Gasteiger partial charge in [-0.05, 0) is 67.4 Å². The van der Waals surface area contributed by atoms with Gasteiger partial charge in [-0.15, -0.1) is 0 Å². The topological polar surface area (TPSA) is 12.0 Å². The normalized spacial score (nSPS) is 29.5. The van der Waals surface area contributed by atoms with Crippen LogP contribution in [0, 0.1) is 16.7 Å². The second kappa shape index (κ2) is 7.19. The minimum atomic E-state index is 0.504. The zero-order valence-electron chi connectivity index (χ0n) is 13.1. The van der Waals surface area contributed by atoms with Gasteiger partial charge in [0.05, 0.1) is 0 Å². The molecule has 1 fully saturated rings. The van der Waals surface area contributed by atoms with Crippen LogP contribution >= 0.6 is 11.8 Å². The highest BCUT2D eigenvalue weighted by Gasteiger charge is 2.37. The Morgan fingerprint density at radius 2 is 1.83 bits per heavy atom. The van der Waals surface area contributed by atoms with E-state index in [4.69, 9.17) is 0 Å². The van der Waals surface area contributed by atoms with E-state index in [0.29, 0.717) is 10.8 Å². The van der Waals surface area contributed by atoms with Crippen molar-refractivity contribution in [3.05, 3.63) is 0 Å². The van der Waals surface area contributed by atoms with Crippen molar-refractivity contribution in [2.45, 2.75) is 59.8 Å². The van der Waals surface area contributed by atoms with E-state index in [1.807, 2.05) is 11.8 Å². The number of nitrogens with one attached hydrogen (secondary N) is 1. The molecule has 0 saturated heterocycles. The minimum Gasteiger partial charge on any atom is -0.316 e. The van der Waals surface area contributed by atoms with Crippen LogP contribution in [0.15, 0.2) is 0 Å². The first-order valence-corrected chi connectivity index (χ1v) is 9.02. The standard InChI is InChI=1S/C16H33NS/c1-6-17-13-16(11-12-18-5)9-7-14(8-10-16)15(2,3)4/h14,17H,6-13H2,1-5H3. The van der Waals surface area contributed by atoms with Gasteiger partial charge in [-0.1, -0.05) is 27.7 Å². The molecule has 0 aromatic heterocycles. The summed E-state index contributed by atoms with van der Waals surface area (Å²) in [5.41, 5.74) is 1.10. The van der Waals surface area contributed by atoms with Crippen molar-refractivity contribution in [3.8, 4) is 0 Å². The highest BCUT2D eigenvalue weighted by atomic mass is 32.2. The smallest absolute Gasteiger partial charge is 0.000799 e. The van der Waals surface area contributed by atoms with E-state index in [1.165, 1.54) is 44.4 Å². The second-order valence-electron chi connectivity index (χ2n) is 7.16. The maximum absolute atomic E-state index is 3.61. The molecule has 0 heterocycles. The zero-order chi connectivity index (χ0) is 13.6. The maximum atomic E-state index is 3.61. The van der Waals surface area contributed by atoms with Crippen LogP contribution in [0.1, 0.15) is 59.8 Å². The molecule has 0 aliphatic heterocycles. The van der Waals surface area contributed by atoms with Crippen molar-refractivity contribution in [2.75, 3.05) is 25.1 Å². The van der Waals surface area contributed by atoms with E-state index in [-0.39, 0.29) is 0 Å². The lowest BCUT2D eigenvalue weighted by atomic mass is 9.63. The van der Waals surface area contributed by atoms with E-state index in [1.54, 1.807) is 0 Å². The van der Waals surface area contributed by atoms with Gasteiger partial charge in [0.2, 0.25) is 0 Å². The summed E-state index contributed by atoms with van der Waals surface area (Å²) in [6.07, 6.45) is 9.37. The number of thioether (sulfide) groups is 1. The fourth-order valence-electron chi connectivity index (χ4n) is 3.32. The van der Waals surface area contributed by atoms with Crippen molar-refractivity contribution in [3.63, 3.8) is 0 Å². The lowest BCUT2D eigenvalue weighted by molar-refractivity contribution is 0.0845. The van der Waals surface area contributed by atoms with Gasteiger partial charge < -0.3 is 5.32 Å². The molecule has 0 spiro atoms. The third-order valence-corrected chi connectivity index (χ3v) is 5.47. The van der Waals surface area contributed by atoms with Gasteiger partial charge in [-0.2, -0.15) is 11.8 Å². The molecule has 0 bridgehead atoms. The fourth-order valence-corrected chi connectivity index (χ4v) is 3.96. The van der Waals surface area contributed by atoms with E-state index in [2.05, 4.69) is 39.3 Å². The van der Waals surface area contributed by atoms with Crippen LogP contribution in [0.5, 0.6) is 0 Å². The van der Waals surface area contributed by atoms with Gasteiger partial charge in [0.1, 0.15) is 0 Å². The molecule has 0 atom stereocenters. The lowest BCUT2D eigenvalue weighted by Crippen LogP contribution is -2.40. The van der Waals surface area contributed by atoms with Gasteiger partial charge in [0.25, 0.3) is 0 Å². The molecule has 1 aliphatic rings. The van der Waals surface area contributed by atoms with Crippen LogP contribution in [0.2, 0.25) is 0 Å². The summed E-state index contributed by atoms with van der Waals surface area (Å²) in [5, 5.41) is 3.61. The van der Waals surface area contributed by atoms with Gasteiger partial charge in [0.15, 0.2) is 0 Å². The molecule has 1 saturated carbocycles. The third-order valence-electron chi connectivity index (χ3n) is 4.86. The van der Waals surface area contributed by atoms with Crippen LogP contribution < -0.4 is 5.32 Å². The van der Waals surface area contributed by atoms with E-state index in [9.17, 15) is 0 Å². The first-order chi connectivity index (χ1) is 8.43. The van der Waals surface area contributed by atoms with Crippen LogP contribution in [-0.4, -0.2) is 25.1 Å². The summed E-state index contributed by atoms with van der Waals surface area (Å²) >= 11 is 2.01. The molecule has 0 aromatic rings. The van der Waals surface area contributed by atoms with Gasteiger partial charge in [0, 0.05) is 6.54 Å². The van der Waals surface area contributed by atoms with Gasteiger partial charge in [-0.25, -0.2) is 0 Å². The molecule has 0 unspecified atom stereocenters. The molecular formula is C16H33NS. The van der Waals surface area contributed by atoms with Crippen molar-refractivity contribution in [1.29, 1.82) is 0 Å². The highest BCUT2D eigenvalue weighted by molar-refractivity contribution is 7.98. The monoisotopic (exact) mass is 271 g/mol. The molecule has 1 aliphatic carbocycles. The second-order valence-corrected chi connectivity index (χ2v) is 8.15. The fraction of sp³-hybridized carbons (Fsp3) is 1.00. The van der Waals surface area contributed by atoms with E-state index < -0.39 is 0 Å². The number of hydrogen-bond donors (Lipinski definition) is 1. The average molecular weight is 272 g/mol. The molecule has 1 rings (SSSR count). The van der Waals surface area contributed by atoms with Crippen molar-refractivity contribution in [1.82, 2.24) is 5.32 Å². The van der Waals surface area contributed by atoms with Crippen LogP contribution in [0.3, 0.4) is 0 Å². The Labute approximate surface area is 119 Å². The summed E-state index contributed by atoms with van der Waals surface area (Å²) in [6, 6.07) is 0. The molecule has 0 radical (unpaired) electrons. The van der Waals surface area contributed by atoms with E-state index in [0.717, 1.165) is 12.5 Å². The largest absolute Gasteiger partial charge is 0.316 e. The molecule has 1 N–H and O–H groups in total. The molecule has 1 nitrogen and oxygen atoms in total. The van der Waals surface area contributed by atoms with Crippen LogP contribution in [0.25, 0.3) is 0 Å². The zero-order valence-corrected chi connectivity index (χ0v) is 14.0. The lowest BCUT2D eigenvalue weighted by Gasteiger charge is -2.44. The summed E-state index contributed by atoms with van der Waals surface area (Å²) in [6.45, 7) is 11.8. The molecule has 0 amide bonds. The summed E-state index contributed by atoms with van der Waals surface area (Å²) < 4.78 is 0. The Kier molecular flexibility index (Phi) is 6.54. The molecule has 108 valence electrons. The summed E-state index contributed by atoms with van der Waals surface area (Å²) in [5.74, 6) is 2.26. The minimum absolute atomic E-state index is 0.504. The summed E-state index contributed by atoms with van der Waals surface area (Å²) in [7, 11) is 0. The van der Waals surface area contributed by atoms with Gasteiger partial charge >= 0.3 is 0 Å². The quantitative estimate of drug-likeness (QED) is 0.759.